The Bertz CT molecular complexity index is 519. The third kappa shape index (κ3) is 1.15. The van der Waals surface area contributed by atoms with Gasteiger partial charge in [0.2, 0.25) is 0 Å². The maximum atomic E-state index is 11.7. The molecule has 1 heterocycles. The number of hydrogen-bond donors (Lipinski definition) is 0. The molecule has 1 atom stereocenters. The average molecular weight is 275 g/mol. The fourth-order valence-electron chi connectivity index (χ4n) is 1.49. The Kier molecular flexibility index (Phi) is 2.04. The number of hydrogen-bond acceptors (Lipinski definition) is 3. The fourth-order valence-corrected chi connectivity index (χ4v) is 3.37. The van der Waals surface area contributed by atoms with E-state index in [0.29, 0.717) is 10.0 Å². The maximum Gasteiger partial charge on any atom is 0.189 e. The number of ketones is 1. The SMILES string of the molecule is CC1C(=O)c2cc(Br)ccc2S1(=O)=O. The maximum absolute atomic E-state index is 11.7. The van der Waals surface area contributed by atoms with Crippen molar-refractivity contribution in [3.63, 3.8) is 0 Å². The highest BCUT2D eigenvalue weighted by atomic mass is 79.9. The molecule has 0 aromatic heterocycles. The smallest absolute Gasteiger partial charge is 0.189 e. The Morgan fingerprint density at radius 3 is 2.64 bits per heavy atom. The second-order valence-corrected chi connectivity index (χ2v) is 6.34. The lowest BCUT2D eigenvalue weighted by atomic mass is 10.1. The zero-order valence-corrected chi connectivity index (χ0v) is 9.72. The predicted molar refractivity (Wildman–Crippen MR) is 55.1 cm³/mol. The van der Waals surface area contributed by atoms with Gasteiger partial charge in [0.05, 0.1) is 4.90 Å². The molecule has 74 valence electrons. The molecular weight excluding hydrogens is 268 g/mol. The van der Waals surface area contributed by atoms with Crippen molar-refractivity contribution < 1.29 is 13.2 Å². The first-order valence-corrected chi connectivity index (χ1v) is 6.36. The molecule has 1 aliphatic rings. The molecule has 0 bridgehead atoms. The van der Waals surface area contributed by atoms with Gasteiger partial charge in [-0.2, -0.15) is 0 Å². The second kappa shape index (κ2) is 2.90. The Labute approximate surface area is 90.2 Å². The molecule has 0 saturated heterocycles. The number of halogens is 1. The van der Waals surface area contributed by atoms with E-state index >= 15 is 0 Å². The first-order valence-electron chi connectivity index (χ1n) is 4.02. The molecule has 1 aromatic rings. The van der Waals surface area contributed by atoms with Gasteiger partial charge in [0.1, 0.15) is 5.25 Å². The van der Waals surface area contributed by atoms with Crippen LogP contribution in [-0.2, 0) is 9.84 Å². The van der Waals surface area contributed by atoms with E-state index in [9.17, 15) is 13.2 Å². The number of fused-ring (bicyclic) bond motifs is 1. The highest BCUT2D eigenvalue weighted by Crippen LogP contribution is 2.32. The number of carbonyl (C=O) groups is 1. The molecule has 0 saturated carbocycles. The molecule has 5 heteroatoms. The van der Waals surface area contributed by atoms with Crippen LogP contribution in [0.15, 0.2) is 27.6 Å². The van der Waals surface area contributed by atoms with Gasteiger partial charge < -0.3 is 0 Å². The van der Waals surface area contributed by atoms with Gasteiger partial charge in [-0.1, -0.05) is 15.9 Å². The summed E-state index contributed by atoms with van der Waals surface area (Å²) in [5.41, 5.74) is 0.298. The minimum absolute atomic E-state index is 0.151. The normalized spacial score (nSPS) is 23.6. The average Bonchev–Trinajstić information content (AvgIpc) is 2.28. The van der Waals surface area contributed by atoms with Gasteiger partial charge in [-0.15, -0.1) is 0 Å². The summed E-state index contributed by atoms with van der Waals surface area (Å²) in [6, 6.07) is 4.65. The summed E-state index contributed by atoms with van der Waals surface area (Å²) < 4.78 is 24.1. The van der Waals surface area contributed by atoms with Crippen LogP contribution in [0.2, 0.25) is 0 Å². The van der Waals surface area contributed by atoms with Crippen molar-refractivity contribution in [3.8, 4) is 0 Å². The van der Waals surface area contributed by atoms with E-state index in [1.165, 1.54) is 13.0 Å². The quantitative estimate of drug-likeness (QED) is 0.725. The summed E-state index contributed by atoms with van der Waals surface area (Å²) >= 11 is 3.20. The van der Waals surface area contributed by atoms with Crippen molar-refractivity contribution >= 4 is 31.6 Å². The van der Waals surface area contributed by atoms with Gasteiger partial charge in [-0.25, -0.2) is 8.42 Å². The van der Waals surface area contributed by atoms with Gasteiger partial charge in [-0.3, -0.25) is 4.79 Å². The Hall–Kier alpha value is -0.680. The second-order valence-electron chi connectivity index (χ2n) is 3.19. The Balaban J connectivity index is 2.81. The lowest BCUT2D eigenvalue weighted by Gasteiger charge is -1.98. The summed E-state index contributed by atoms with van der Waals surface area (Å²) in [6.45, 7) is 1.42. The van der Waals surface area contributed by atoms with E-state index in [1.54, 1.807) is 12.1 Å². The van der Waals surface area contributed by atoms with Gasteiger partial charge in [0.25, 0.3) is 0 Å². The van der Waals surface area contributed by atoms with Crippen molar-refractivity contribution in [2.75, 3.05) is 0 Å². The van der Waals surface area contributed by atoms with Crippen LogP contribution < -0.4 is 0 Å². The number of benzene rings is 1. The van der Waals surface area contributed by atoms with Crippen LogP contribution in [0, 0.1) is 0 Å². The third-order valence-corrected chi connectivity index (χ3v) is 4.96. The Morgan fingerprint density at radius 2 is 2.00 bits per heavy atom. The van der Waals surface area contributed by atoms with Gasteiger partial charge >= 0.3 is 0 Å². The largest absolute Gasteiger partial charge is 0.293 e. The van der Waals surface area contributed by atoms with E-state index in [1.807, 2.05) is 0 Å². The third-order valence-electron chi connectivity index (χ3n) is 2.35. The molecule has 1 aromatic carbocycles. The van der Waals surface area contributed by atoms with Crippen molar-refractivity contribution in [3.05, 3.63) is 28.2 Å². The molecule has 3 nitrogen and oxygen atoms in total. The topological polar surface area (TPSA) is 51.2 Å². The minimum Gasteiger partial charge on any atom is -0.293 e. The van der Waals surface area contributed by atoms with E-state index in [4.69, 9.17) is 0 Å². The van der Waals surface area contributed by atoms with E-state index in [0.717, 1.165) is 0 Å². The first-order chi connectivity index (χ1) is 6.44. The minimum atomic E-state index is -3.42. The molecule has 0 N–H and O–H groups in total. The molecule has 14 heavy (non-hydrogen) atoms. The summed E-state index contributed by atoms with van der Waals surface area (Å²) in [5.74, 6) is -0.318. The lowest BCUT2D eigenvalue weighted by molar-refractivity contribution is 0.0994. The number of Topliss-reactive ketones (excluding diaryl/α,β-unsaturated/α-hetero) is 1. The molecular formula is C9H7BrO3S. The van der Waals surface area contributed by atoms with Crippen molar-refractivity contribution in [2.45, 2.75) is 17.1 Å². The van der Waals surface area contributed by atoms with Gasteiger partial charge in [0, 0.05) is 10.0 Å². The molecule has 0 spiro atoms. The summed E-state index contributed by atoms with van der Waals surface area (Å²) in [7, 11) is -3.42. The molecule has 0 fully saturated rings. The fraction of sp³-hybridized carbons (Fsp3) is 0.222. The summed E-state index contributed by atoms with van der Waals surface area (Å²) in [5, 5.41) is -0.938. The van der Waals surface area contributed by atoms with Crippen LogP contribution in [0.5, 0.6) is 0 Å². The van der Waals surface area contributed by atoms with Crippen LogP contribution in [0.25, 0.3) is 0 Å². The molecule has 0 amide bonds. The lowest BCUT2D eigenvalue weighted by Crippen LogP contribution is -2.17. The highest BCUT2D eigenvalue weighted by Gasteiger charge is 2.40. The first kappa shape index (κ1) is 9.86. The van der Waals surface area contributed by atoms with Gasteiger partial charge in [-0.05, 0) is 25.1 Å². The molecule has 0 radical (unpaired) electrons. The zero-order valence-electron chi connectivity index (χ0n) is 7.32. The van der Waals surface area contributed by atoms with Crippen molar-refractivity contribution in [1.82, 2.24) is 0 Å². The van der Waals surface area contributed by atoms with E-state index < -0.39 is 15.1 Å². The van der Waals surface area contributed by atoms with Crippen molar-refractivity contribution in [1.29, 1.82) is 0 Å². The number of carbonyl (C=O) groups excluding carboxylic acids is 1. The monoisotopic (exact) mass is 274 g/mol. The van der Waals surface area contributed by atoms with Crippen LogP contribution in [0.3, 0.4) is 0 Å². The molecule has 1 unspecified atom stereocenters. The van der Waals surface area contributed by atoms with Crippen molar-refractivity contribution in [2.24, 2.45) is 0 Å². The summed E-state index contributed by atoms with van der Waals surface area (Å²) in [6.07, 6.45) is 0. The van der Waals surface area contributed by atoms with E-state index in [-0.39, 0.29) is 10.7 Å². The number of rotatable bonds is 0. The molecule has 1 aliphatic heterocycles. The Morgan fingerprint density at radius 1 is 1.36 bits per heavy atom. The highest BCUT2D eigenvalue weighted by molar-refractivity contribution is 9.10. The van der Waals surface area contributed by atoms with Crippen LogP contribution in [-0.4, -0.2) is 19.5 Å². The van der Waals surface area contributed by atoms with Crippen LogP contribution in [0.1, 0.15) is 17.3 Å². The van der Waals surface area contributed by atoms with Gasteiger partial charge in [0.15, 0.2) is 15.6 Å². The number of sulfone groups is 1. The summed E-state index contributed by atoms with van der Waals surface area (Å²) in [4.78, 5) is 11.7. The van der Waals surface area contributed by atoms with Crippen LogP contribution >= 0.6 is 15.9 Å². The standard InChI is InChI=1S/C9H7BrO3S/c1-5-9(11)7-4-6(10)2-3-8(7)14(5,12)13/h2-5H,1H3. The molecule has 0 aliphatic carbocycles. The van der Waals surface area contributed by atoms with E-state index in [2.05, 4.69) is 15.9 Å². The predicted octanol–water partition coefficient (Wildman–Crippen LogP) is 1.81. The zero-order chi connectivity index (χ0) is 10.5. The molecule has 2 rings (SSSR count). The van der Waals surface area contributed by atoms with Crippen LogP contribution in [0.4, 0.5) is 0 Å².